The summed E-state index contributed by atoms with van der Waals surface area (Å²) in [6.45, 7) is 0.587. The van der Waals surface area contributed by atoms with Gasteiger partial charge in [0.05, 0.1) is 12.1 Å². The molecule has 4 rings (SSSR count). The van der Waals surface area contributed by atoms with Crippen LogP contribution in [-0.4, -0.2) is 25.5 Å². The Labute approximate surface area is 167 Å². The van der Waals surface area contributed by atoms with Gasteiger partial charge in [0.1, 0.15) is 5.82 Å². The summed E-state index contributed by atoms with van der Waals surface area (Å²) >= 11 is 1.61. The SMILES string of the molecule is Fc1ccccc1-c1nnc(SCCc2ccccn2)n1Cc1ccccc1. The Hall–Kier alpha value is -2.99. The van der Waals surface area contributed by atoms with Crippen molar-refractivity contribution in [1.82, 2.24) is 19.7 Å². The molecule has 0 saturated carbocycles. The van der Waals surface area contributed by atoms with Crippen LogP contribution in [0.2, 0.25) is 0 Å². The number of benzene rings is 2. The summed E-state index contributed by atoms with van der Waals surface area (Å²) in [5.41, 5.74) is 2.62. The van der Waals surface area contributed by atoms with Crippen molar-refractivity contribution >= 4 is 11.8 Å². The van der Waals surface area contributed by atoms with Crippen LogP contribution < -0.4 is 0 Å². The highest BCUT2D eigenvalue weighted by Crippen LogP contribution is 2.27. The zero-order valence-corrected chi connectivity index (χ0v) is 16.0. The monoisotopic (exact) mass is 390 g/mol. The third-order valence-corrected chi connectivity index (χ3v) is 5.30. The van der Waals surface area contributed by atoms with E-state index in [4.69, 9.17) is 0 Å². The lowest BCUT2D eigenvalue weighted by Crippen LogP contribution is -2.05. The minimum atomic E-state index is -0.297. The van der Waals surface area contributed by atoms with Crippen molar-refractivity contribution in [3.63, 3.8) is 0 Å². The van der Waals surface area contributed by atoms with E-state index in [1.807, 2.05) is 59.2 Å². The molecule has 0 atom stereocenters. The van der Waals surface area contributed by atoms with Gasteiger partial charge in [0.25, 0.3) is 0 Å². The molecule has 0 aliphatic heterocycles. The first kappa shape index (κ1) is 18.4. The molecule has 0 radical (unpaired) electrons. The molecular weight excluding hydrogens is 371 g/mol. The first-order chi connectivity index (χ1) is 13.8. The van der Waals surface area contributed by atoms with Gasteiger partial charge in [-0.1, -0.05) is 60.3 Å². The molecule has 4 aromatic rings. The number of rotatable bonds is 7. The Morgan fingerprint density at radius 3 is 2.43 bits per heavy atom. The predicted octanol–water partition coefficient (Wildman–Crippen LogP) is 4.86. The highest BCUT2D eigenvalue weighted by molar-refractivity contribution is 7.99. The molecule has 4 nitrogen and oxygen atoms in total. The lowest BCUT2D eigenvalue weighted by molar-refractivity contribution is 0.626. The van der Waals surface area contributed by atoms with Gasteiger partial charge in [-0.3, -0.25) is 9.55 Å². The fraction of sp³-hybridized carbons (Fsp3) is 0.136. The second-order valence-electron chi connectivity index (χ2n) is 6.28. The zero-order valence-electron chi connectivity index (χ0n) is 15.2. The molecule has 0 amide bonds. The smallest absolute Gasteiger partial charge is 0.191 e. The van der Waals surface area contributed by atoms with Crippen LogP contribution in [0.15, 0.2) is 84.1 Å². The first-order valence-electron chi connectivity index (χ1n) is 9.06. The van der Waals surface area contributed by atoms with E-state index in [2.05, 4.69) is 15.2 Å². The molecule has 140 valence electrons. The number of hydrogen-bond donors (Lipinski definition) is 0. The number of pyridine rings is 1. The van der Waals surface area contributed by atoms with E-state index in [1.165, 1.54) is 6.07 Å². The van der Waals surface area contributed by atoms with Crippen LogP contribution >= 0.6 is 11.8 Å². The third kappa shape index (κ3) is 4.28. The van der Waals surface area contributed by atoms with Crippen LogP contribution in [0.4, 0.5) is 4.39 Å². The average molecular weight is 390 g/mol. The van der Waals surface area contributed by atoms with E-state index in [9.17, 15) is 4.39 Å². The summed E-state index contributed by atoms with van der Waals surface area (Å²) in [6.07, 6.45) is 2.63. The van der Waals surface area contributed by atoms with Crippen LogP contribution in [-0.2, 0) is 13.0 Å². The summed E-state index contributed by atoms with van der Waals surface area (Å²) in [5, 5.41) is 9.43. The highest BCUT2D eigenvalue weighted by atomic mass is 32.2. The van der Waals surface area contributed by atoms with E-state index in [0.717, 1.165) is 28.6 Å². The highest BCUT2D eigenvalue weighted by Gasteiger charge is 2.17. The Morgan fingerprint density at radius 1 is 0.857 bits per heavy atom. The van der Waals surface area contributed by atoms with Crippen molar-refractivity contribution in [2.45, 2.75) is 18.1 Å². The van der Waals surface area contributed by atoms with Gasteiger partial charge in [-0.25, -0.2) is 4.39 Å². The number of hydrogen-bond acceptors (Lipinski definition) is 4. The topological polar surface area (TPSA) is 43.6 Å². The number of aromatic nitrogens is 4. The maximum atomic E-state index is 14.4. The number of nitrogens with zero attached hydrogens (tertiary/aromatic N) is 4. The Morgan fingerprint density at radius 2 is 1.64 bits per heavy atom. The fourth-order valence-corrected chi connectivity index (χ4v) is 3.84. The van der Waals surface area contributed by atoms with Gasteiger partial charge in [-0.05, 0) is 36.2 Å². The maximum absolute atomic E-state index is 14.4. The van der Waals surface area contributed by atoms with E-state index in [-0.39, 0.29) is 5.82 Å². The molecule has 6 heteroatoms. The first-order valence-corrected chi connectivity index (χ1v) is 10.0. The van der Waals surface area contributed by atoms with Crippen LogP contribution in [0.5, 0.6) is 0 Å². The van der Waals surface area contributed by atoms with E-state index < -0.39 is 0 Å². The lowest BCUT2D eigenvalue weighted by Gasteiger charge is -2.11. The van der Waals surface area contributed by atoms with Crippen LogP contribution in [0.3, 0.4) is 0 Å². The van der Waals surface area contributed by atoms with Crippen molar-refractivity contribution < 1.29 is 4.39 Å². The normalized spacial score (nSPS) is 10.9. The second kappa shape index (κ2) is 8.80. The van der Waals surface area contributed by atoms with Gasteiger partial charge in [-0.15, -0.1) is 10.2 Å². The largest absolute Gasteiger partial charge is 0.297 e. The molecule has 0 bridgehead atoms. The van der Waals surface area contributed by atoms with Crippen LogP contribution in [0.25, 0.3) is 11.4 Å². The van der Waals surface area contributed by atoms with Crippen molar-refractivity contribution in [3.05, 3.63) is 96.1 Å². The van der Waals surface area contributed by atoms with E-state index in [1.54, 1.807) is 30.1 Å². The van der Waals surface area contributed by atoms with Crippen molar-refractivity contribution in [2.24, 2.45) is 0 Å². The lowest BCUT2D eigenvalue weighted by atomic mass is 10.2. The summed E-state index contributed by atoms with van der Waals surface area (Å²) in [7, 11) is 0. The minimum absolute atomic E-state index is 0.297. The molecule has 0 aliphatic rings. The van der Waals surface area contributed by atoms with Crippen molar-refractivity contribution in [1.29, 1.82) is 0 Å². The molecule has 0 unspecified atom stereocenters. The number of halogens is 1. The van der Waals surface area contributed by atoms with E-state index >= 15 is 0 Å². The van der Waals surface area contributed by atoms with E-state index in [0.29, 0.717) is 17.9 Å². The van der Waals surface area contributed by atoms with Crippen LogP contribution in [0, 0.1) is 5.82 Å². The molecule has 0 saturated heterocycles. The Balaban J connectivity index is 1.61. The molecule has 2 aromatic carbocycles. The predicted molar refractivity (Wildman–Crippen MR) is 110 cm³/mol. The van der Waals surface area contributed by atoms with Gasteiger partial charge in [0, 0.05) is 17.6 Å². The molecule has 0 aliphatic carbocycles. The van der Waals surface area contributed by atoms with Crippen LogP contribution in [0.1, 0.15) is 11.3 Å². The number of thioether (sulfide) groups is 1. The summed E-state index contributed by atoms with van der Waals surface area (Å²) < 4.78 is 16.4. The molecule has 2 heterocycles. The zero-order chi connectivity index (χ0) is 19.2. The average Bonchev–Trinajstić information content (AvgIpc) is 3.12. The Bertz CT molecular complexity index is 1030. The van der Waals surface area contributed by atoms with Gasteiger partial charge in [0.15, 0.2) is 11.0 Å². The van der Waals surface area contributed by atoms with Crippen molar-refractivity contribution in [3.8, 4) is 11.4 Å². The minimum Gasteiger partial charge on any atom is -0.297 e. The standard InChI is InChI=1S/C22H19FN4S/c23-20-12-5-4-11-19(20)21-25-26-22(27(21)16-17-8-2-1-3-9-17)28-15-13-18-10-6-7-14-24-18/h1-12,14H,13,15-16H2. The molecule has 2 aromatic heterocycles. The molecule has 28 heavy (non-hydrogen) atoms. The molecule has 0 spiro atoms. The molecular formula is C22H19FN4S. The molecule has 0 N–H and O–H groups in total. The van der Waals surface area contributed by atoms with Gasteiger partial charge >= 0.3 is 0 Å². The Kier molecular flexibility index (Phi) is 5.77. The van der Waals surface area contributed by atoms with Gasteiger partial charge in [0.2, 0.25) is 0 Å². The van der Waals surface area contributed by atoms with Gasteiger partial charge in [-0.2, -0.15) is 0 Å². The quantitative estimate of drug-likeness (QED) is 0.423. The number of aryl methyl sites for hydroxylation is 1. The molecule has 0 fully saturated rings. The summed E-state index contributed by atoms with van der Waals surface area (Å²) in [6, 6.07) is 22.7. The third-order valence-electron chi connectivity index (χ3n) is 4.33. The summed E-state index contributed by atoms with van der Waals surface area (Å²) in [5.74, 6) is 1.07. The van der Waals surface area contributed by atoms with Crippen molar-refractivity contribution in [2.75, 3.05) is 5.75 Å². The maximum Gasteiger partial charge on any atom is 0.191 e. The second-order valence-corrected chi connectivity index (χ2v) is 7.34. The summed E-state index contributed by atoms with van der Waals surface area (Å²) in [4.78, 5) is 4.36. The fourth-order valence-electron chi connectivity index (χ4n) is 2.94. The van der Waals surface area contributed by atoms with Gasteiger partial charge < -0.3 is 0 Å².